The van der Waals surface area contributed by atoms with Gasteiger partial charge in [0, 0.05) is 5.56 Å². The normalized spacial score (nSPS) is 12.7. The van der Waals surface area contributed by atoms with Gasteiger partial charge >= 0.3 is 0 Å². The summed E-state index contributed by atoms with van der Waals surface area (Å²) < 4.78 is 5.45. The fourth-order valence-corrected chi connectivity index (χ4v) is 2.08. The molecule has 0 aliphatic rings. The highest BCUT2D eigenvalue weighted by atomic mass is 16.3. The van der Waals surface area contributed by atoms with Gasteiger partial charge in [-0.3, -0.25) is 0 Å². The average molecular weight is 230 g/mol. The van der Waals surface area contributed by atoms with Crippen LogP contribution in [0.1, 0.15) is 41.2 Å². The minimum absolute atomic E-state index is 0.598. The highest BCUT2D eigenvalue weighted by molar-refractivity contribution is 5.34. The lowest BCUT2D eigenvalue weighted by atomic mass is 9.99. The Labute approximate surface area is 102 Å². The second kappa shape index (κ2) is 4.76. The number of aliphatic hydroxyl groups is 1. The second-order valence-electron chi connectivity index (χ2n) is 4.37. The zero-order chi connectivity index (χ0) is 12.4. The number of aliphatic hydroxyl groups excluding tert-OH is 1. The molecule has 1 aromatic carbocycles. The first-order valence-corrected chi connectivity index (χ1v) is 5.95. The molecule has 0 aliphatic heterocycles. The summed E-state index contributed by atoms with van der Waals surface area (Å²) in [7, 11) is 0. The van der Waals surface area contributed by atoms with Crippen molar-refractivity contribution in [3.63, 3.8) is 0 Å². The van der Waals surface area contributed by atoms with E-state index in [1.807, 2.05) is 38.1 Å². The molecule has 0 spiro atoms. The molecule has 1 heterocycles. The third-order valence-corrected chi connectivity index (χ3v) is 3.05. The predicted octanol–water partition coefficient (Wildman–Crippen LogP) is 3.54. The summed E-state index contributed by atoms with van der Waals surface area (Å²) in [5.74, 6) is 1.63. The molecular weight excluding hydrogens is 212 g/mol. The Morgan fingerprint density at radius 2 is 2.00 bits per heavy atom. The molecule has 1 unspecified atom stereocenters. The fraction of sp³-hybridized carbons (Fsp3) is 0.333. The van der Waals surface area contributed by atoms with Crippen LogP contribution in [0.2, 0.25) is 0 Å². The highest BCUT2D eigenvalue weighted by Gasteiger charge is 2.16. The van der Waals surface area contributed by atoms with Gasteiger partial charge in [0.1, 0.15) is 17.6 Å². The molecule has 1 aromatic heterocycles. The number of furan rings is 1. The lowest BCUT2D eigenvalue weighted by molar-refractivity contribution is 0.218. The van der Waals surface area contributed by atoms with Gasteiger partial charge < -0.3 is 9.52 Å². The molecule has 0 saturated carbocycles. The van der Waals surface area contributed by atoms with Crippen LogP contribution in [-0.2, 0) is 6.42 Å². The molecule has 2 rings (SSSR count). The van der Waals surface area contributed by atoms with Crippen LogP contribution in [-0.4, -0.2) is 5.11 Å². The number of rotatable bonds is 3. The van der Waals surface area contributed by atoms with Crippen LogP contribution in [0.25, 0.3) is 0 Å². The summed E-state index contributed by atoms with van der Waals surface area (Å²) in [4.78, 5) is 0. The summed E-state index contributed by atoms with van der Waals surface area (Å²) in [6.07, 6.45) is 0.378. The van der Waals surface area contributed by atoms with E-state index in [2.05, 4.69) is 13.0 Å². The lowest BCUT2D eigenvalue weighted by Gasteiger charge is -2.11. The van der Waals surface area contributed by atoms with Crippen LogP contribution < -0.4 is 0 Å². The van der Waals surface area contributed by atoms with Crippen LogP contribution >= 0.6 is 0 Å². The molecule has 0 fully saturated rings. The van der Waals surface area contributed by atoms with E-state index in [1.54, 1.807) is 0 Å². The molecule has 1 N–H and O–H groups in total. The first-order chi connectivity index (χ1) is 8.11. The first kappa shape index (κ1) is 11.9. The zero-order valence-corrected chi connectivity index (χ0v) is 10.5. The van der Waals surface area contributed by atoms with E-state index >= 15 is 0 Å². The Hall–Kier alpha value is -1.54. The number of aryl methyl sites for hydroxylation is 3. The van der Waals surface area contributed by atoms with Gasteiger partial charge in [-0.15, -0.1) is 0 Å². The van der Waals surface area contributed by atoms with Gasteiger partial charge in [-0.05, 0) is 37.5 Å². The summed E-state index contributed by atoms with van der Waals surface area (Å²) in [6.45, 7) is 5.89. The van der Waals surface area contributed by atoms with Gasteiger partial charge in [0.15, 0.2) is 0 Å². The van der Waals surface area contributed by atoms with Crippen LogP contribution in [0.15, 0.2) is 34.7 Å². The molecule has 1 atom stereocenters. The Balaban J connectivity index is 2.36. The Bertz CT molecular complexity index is 511. The largest absolute Gasteiger partial charge is 0.466 e. The Morgan fingerprint density at radius 3 is 2.59 bits per heavy atom. The molecule has 0 aliphatic carbocycles. The SMILES string of the molecule is CCc1cccc(C(O)c2cc(C)oc2C)c1. The molecule has 90 valence electrons. The van der Waals surface area contributed by atoms with Crippen molar-refractivity contribution < 1.29 is 9.52 Å². The number of hydrogen-bond donors (Lipinski definition) is 1. The quantitative estimate of drug-likeness (QED) is 0.874. The molecule has 0 amide bonds. The highest BCUT2D eigenvalue weighted by Crippen LogP contribution is 2.27. The topological polar surface area (TPSA) is 33.4 Å². The smallest absolute Gasteiger partial charge is 0.107 e. The second-order valence-corrected chi connectivity index (χ2v) is 4.37. The van der Waals surface area contributed by atoms with E-state index in [9.17, 15) is 5.11 Å². The van der Waals surface area contributed by atoms with Gasteiger partial charge in [0.2, 0.25) is 0 Å². The van der Waals surface area contributed by atoms with Crippen LogP contribution in [0.5, 0.6) is 0 Å². The predicted molar refractivity (Wildman–Crippen MR) is 68.1 cm³/mol. The fourth-order valence-electron chi connectivity index (χ4n) is 2.08. The summed E-state index contributed by atoms with van der Waals surface area (Å²) in [5.41, 5.74) is 3.02. The van der Waals surface area contributed by atoms with Crippen molar-refractivity contribution in [2.45, 2.75) is 33.3 Å². The monoisotopic (exact) mass is 230 g/mol. The minimum atomic E-state index is -0.598. The van der Waals surface area contributed by atoms with Crippen LogP contribution in [0.4, 0.5) is 0 Å². The maximum absolute atomic E-state index is 10.3. The minimum Gasteiger partial charge on any atom is -0.466 e. The van der Waals surface area contributed by atoms with Gasteiger partial charge in [-0.2, -0.15) is 0 Å². The van der Waals surface area contributed by atoms with E-state index in [4.69, 9.17) is 4.42 Å². The molecule has 17 heavy (non-hydrogen) atoms. The molecule has 2 aromatic rings. The molecule has 2 nitrogen and oxygen atoms in total. The average Bonchev–Trinajstić information content (AvgIpc) is 2.67. The third-order valence-electron chi connectivity index (χ3n) is 3.05. The summed E-state index contributed by atoms with van der Waals surface area (Å²) in [6, 6.07) is 9.96. The van der Waals surface area contributed by atoms with Gasteiger partial charge in [0.05, 0.1) is 0 Å². The molecule has 0 bridgehead atoms. The van der Waals surface area contributed by atoms with Gasteiger partial charge in [0.25, 0.3) is 0 Å². The van der Waals surface area contributed by atoms with Gasteiger partial charge in [-0.25, -0.2) is 0 Å². The summed E-state index contributed by atoms with van der Waals surface area (Å²) in [5, 5.41) is 10.3. The lowest BCUT2D eigenvalue weighted by Crippen LogP contribution is -2.00. The summed E-state index contributed by atoms with van der Waals surface area (Å²) >= 11 is 0. The number of hydrogen-bond acceptors (Lipinski definition) is 2. The number of benzene rings is 1. The van der Waals surface area contributed by atoms with E-state index in [-0.39, 0.29) is 0 Å². The van der Waals surface area contributed by atoms with E-state index in [0.29, 0.717) is 0 Å². The molecule has 2 heteroatoms. The molecular formula is C15H18O2. The molecule has 0 saturated heterocycles. The standard InChI is InChI=1S/C15H18O2/c1-4-12-6-5-7-13(9-12)15(16)14-8-10(2)17-11(14)3/h5-9,15-16H,4H2,1-3H3. The van der Waals surface area contributed by atoms with Crippen molar-refractivity contribution >= 4 is 0 Å². The van der Waals surface area contributed by atoms with Gasteiger partial charge in [-0.1, -0.05) is 31.2 Å². The molecule has 0 radical (unpaired) electrons. The van der Waals surface area contributed by atoms with Crippen molar-refractivity contribution in [3.05, 3.63) is 58.5 Å². The maximum Gasteiger partial charge on any atom is 0.107 e. The van der Waals surface area contributed by atoms with Crippen LogP contribution in [0, 0.1) is 13.8 Å². The van der Waals surface area contributed by atoms with E-state index in [0.717, 1.165) is 29.1 Å². The van der Waals surface area contributed by atoms with Crippen molar-refractivity contribution in [3.8, 4) is 0 Å². The Morgan fingerprint density at radius 1 is 1.24 bits per heavy atom. The van der Waals surface area contributed by atoms with Crippen molar-refractivity contribution in [2.75, 3.05) is 0 Å². The maximum atomic E-state index is 10.3. The van der Waals surface area contributed by atoms with Crippen molar-refractivity contribution in [1.82, 2.24) is 0 Å². The van der Waals surface area contributed by atoms with E-state index < -0.39 is 6.10 Å². The van der Waals surface area contributed by atoms with Crippen molar-refractivity contribution in [2.24, 2.45) is 0 Å². The van der Waals surface area contributed by atoms with E-state index in [1.165, 1.54) is 5.56 Å². The third kappa shape index (κ3) is 2.42. The Kier molecular flexibility index (Phi) is 3.34. The van der Waals surface area contributed by atoms with Crippen LogP contribution in [0.3, 0.4) is 0 Å². The first-order valence-electron chi connectivity index (χ1n) is 5.95. The zero-order valence-electron chi connectivity index (χ0n) is 10.5. The van der Waals surface area contributed by atoms with Crippen molar-refractivity contribution in [1.29, 1.82) is 0 Å².